The van der Waals surface area contributed by atoms with E-state index < -0.39 is 0 Å². The highest BCUT2D eigenvalue weighted by Gasteiger charge is 2.12. The Morgan fingerprint density at radius 2 is 1.90 bits per heavy atom. The molecule has 6 heteroatoms. The van der Waals surface area contributed by atoms with Gasteiger partial charge in [0.05, 0.1) is 4.47 Å². The van der Waals surface area contributed by atoms with E-state index in [1.807, 2.05) is 30.3 Å². The zero-order valence-electron chi connectivity index (χ0n) is 10.2. The Hall–Kier alpha value is -1.79. The summed E-state index contributed by atoms with van der Waals surface area (Å²) in [7, 11) is 0. The summed E-state index contributed by atoms with van der Waals surface area (Å²) in [5.74, 6) is 0.239. The molecule has 3 aromatic rings. The zero-order chi connectivity index (χ0) is 14.1. The number of hydrogen-bond acceptors (Lipinski definition) is 2. The van der Waals surface area contributed by atoms with Crippen LogP contribution >= 0.6 is 28.1 Å². The summed E-state index contributed by atoms with van der Waals surface area (Å²) in [6.45, 7) is 0. The van der Waals surface area contributed by atoms with Gasteiger partial charge in [-0.1, -0.05) is 18.2 Å². The molecule has 20 heavy (non-hydrogen) atoms. The highest BCUT2D eigenvalue weighted by molar-refractivity contribution is 9.10. The highest BCUT2D eigenvalue weighted by Crippen LogP contribution is 2.25. The van der Waals surface area contributed by atoms with Gasteiger partial charge in [-0.3, -0.25) is 9.67 Å². The first kappa shape index (κ1) is 13.2. The molecular weight excluding hydrogens is 341 g/mol. The summed E-state index contributed by atoms with van der Waals surface area (Å²) < 4.78 is 16.3. The fraction of sp³-hybridized carbons (Fsp3) is 0. The van der Waals surface area contributed by atoms with Crippen LogP contribution in [-0.2, 0) is 0 Å². The molecule has 0 aliphatic carbocycles. The van der Waals surface area contributed by atoms with Crippen LogP contribution < -0.4 is 0 Å². The molecule has 0 amide bonds. The first-order chi connectivity index (χ1) is 9.66. The SMILES string of the molecule is Fc1cc(-c2n[nH]c(=S)n2-c2ccccc2)ccc1Br. The van der Waals surface area contributed by atoms with E-state index in [4.69, 9.17) is 12.2 Å². The van der Waals surface area contributed by atoms with Crippen LogP contribution in [0.25, 0.3) is 17.1 Å². The van der Waals surface area contributed by atoms with Crippen molar-refractivity contribution in [3.63, 3.8) is 0 Å². The van der Waals surface area contributed by atoms with Crippen LogP contribution in [0.5, 0.6) is 0 Å². The Morgan fingerprint density at radius 1 is 1.15 bits per heavy atom. The van der Waals surface area contributed by atoms with Crippen molar-refractivity contribution in [3.8, 4) is 17.1 Å². The van der Waals surface area contributed by atoms with Crippen molar-refractivity contribution in [2.24, 2.45) is 0 Å². The van der Waals surface area contributed by atoms with Gasteiger partial charge < -0.3 is 0 Å². The van der Waals surface area contributed by atoms with Gasteiger partial charge in [-0.2, -0.15) is 5.10 Å². The van der Waals surface area contributed by atoms with Gasteiger partial charge in [-0.05, 0) is 58.5 Å². The minimum atomic E-state index is -0.337. The lowest BCUT2D eigenvalue weighted by Gasteiger charge is -2.07. The summed E-state index contributed by atoms with van der Waals surface area (Å²) in [5.41, 5.74) is 1.53. The van der Waals surface area contributed by atoms with E-state index >= 15 is 0 Å². The maximum Gasteiger partial charge on any atom is 0.200 e. The Balaban J connectivity index is 2.21. The van der Waals surface area contributed by atoms with Crippen LogP contribution in [0.3, 0.4) is 0 Å². The largest absolute Gasteiger partial charge is 0.268 e. The number of halogens is 2. The minimum Gasteiger partial charge on any atom is -0.268 e. The second-order valence-electron chi connectivity index (χ2n) is 4.15. The van der Waals surface area contributed by atoms with Gasteiger partial charge in [-0.15, -0.1) is 0 Å². The van der Waals surface area contributed by atoms with E-state index in [1.165, 1.54) is 6.07 Å². The molecule has 0 fully saturated rings. The normalized spacial score (nSPS) is 10.7. The average molecular weight is 350 g/mol. The van der Waals surface area contributed by atoms with Crippen molar-refractivity contribution >= 4 is 28.1 Å². The van der Waals surface area contributed by atoms with Gasteiger partial charge in [0, 0.05) is 11.3 Å². The van der Waals surface area contributed by atoms with Crippen LogP contribution in [-0.4, -0.2) is 14.8 Å². The topological polar surface area (TPSA) is 33.6 Å². The molecule has 0 aliphatic heterocycles. The third kappa shape index (κ3) is 2.32. The Kier molecular flexibility index (Phi) is 3.50. The summed E-state index contributed by atoms with van der Waals surface area (Å²) in [6.07, 6.45) is 0. The molecule has 0 unspecified atom stereocenters. The van der Waals surface area contributed by atoms with Gasteiger partial charge in [0.2, 0.25) is 0 Å². The maximum atomic E-state index is 13.7. The fourth-order valence-corrected chi connectivity index (χ4v) is 2.43. The molecule has 0 saturated heterocycles. The number of hydrogen-bond donors (Lipinski definition) is 1. The third-order valence-corrected chi connectivity index (χ3v) is 3.78. The number of benzene rings is 2. The van der Waals surface area contributed by atoms with E-state index in [0.717, 1.165) is 5.69 Å². The van der Waals surface area contributed by atoms with Crippen molar-refractivity contribution in [2.45, 2.75) is 0 Å². The lowest BCUT2D eigenvalue weighted by atomic mass is 10.2. The molecule has 0 aliphatic rings. The first-order valence-corrected chi connectivity index (χ1v) is 7.05. The summed E-state index contributed by atoms with van der Waals surface area (Å²) in [5, 5.41) is 6.95. The molecule has 1 aromatic heterocycles. The molecule has 0 radical (unpaired) electrons. The van der Waals surface area contributed by atoms with Crippen LogP contribution in [0, 0.1) is 10.6 Å². The molecule has 3 nitrogen and oxygen atoms in total. The first-order valence-electron chi connectivity index (χ1n) is 5.85. The molecule has 1 N–H and O–H groups in total. The highest BCUT2D eigenvalue weighted by atomic mass is 79.9. The van der Waals surface area contributed by atoms with Crippen molar-refractivity contribution in [1.82, 2.24) is 14.8 Å². The molecule has 2 aromatic carbocycles. The van der Waals surface area contributed by atoms with Crippen molar-refractivity contribution < 1.29 is 4.39 Å². The number of para-hydroxylation sites is 1. The van der Waals surface area contributed by atoms with E-state index in [9.17, 15) is 4.39 Å². The molecule has 3 rings (SSSR count). The average Bonchev–Trinajstić information content (AvgIpc) is 2.85. The molecule has 1 heterocycles. The summed E-state index contributed by atoms with van der Waals surface area (Å²) >= 11 is 8.40. The Bertz CT molecular complexity index is 811. The monoisotopic (exact) mass is 349 g/mol. The van der Waals surface area contributed by atoms with Crippen LogP contribution in [0.15, 0.2) is 53.0 Å². The summed E-state index contributed by atoms with van der Waals surface area (Å²) in [4.78, 5) is 0. The van der Waals surface area contributed by atoms with Crippen LogP contribution in [0.1, 0.15) is 0 Å². The Labute approximate surface area is 128 Å². The quantitative estimate of drug-likeness (QED) is 0.691. The Morgan fingerprint density at radius 3 is 2.60 bits per heavy atom. The zero-order valence-corrected chi connectivity index (χ0v) is 12.6. The van der Waals surface area contributed by atoms with Crippen molar-refractivity contribution in [1.29, 1.82) is 0 Å². The second-order valence-corrected chi connectivity index (χ2v) is 5.39. The smallest absolute Gasteiger partial charge is 0.200 e. The fourth-order valence-electron chi connectivity index (χ4n) is 1.94. The maximum absolute atomic E-state index is 13.7. The molecule has 0 atom stereocenters. The van der Waals surface area contributed by atoms with Crippen LogP contribution in [0.4, 0.5) is 4.39 Å². The number of nitrogens with zero attached hydrogens (tertiary/aromatic N) is 2. The molecule has 100 valence electrons. The number of aromatic nitrogens is 3. The molecular formula is C14H9BrFN3S. The molecule has 0 bridgehead atoms. The molecule has 0 spiro atoms. The van der Waals surface area contributed by atoms with Crippen LogP contribution in [0.2, 0.25) is 0 Å². The number of H-pyrrole nitrogens is 1. The van der Waals surface area contributed by atoms with E-state index in [2.05, 4.69) is 26.1 Å². The minimum absolute atomic E-state index is 0.337. The van der Waals surface area contributed by atoms with Crippen molar-refractivity contribution in [2.75, 3.05) is 0 Å². The van der Waals surface area contributed by atoms with Gasteiger partial charge in [-0.25, -0.2) is 4.39 Å². The molecule has 0 saturated carbocycles. The van der Waals surface area contributed by atoms with Gasteiger partial charge in [0.15, 0.2) is 10.6 Å². The third-order valence-electron chi connectivity index (χ3n) is 2.86. The number of rotatable bonds is 2. The van der Waals surface area contributed by atoms with Crippen molar-refractivity contribution in [3.05, 3.63) is 63.6 Å². The van der Waals surface area contributed by atoms with E-state index in [1.54, 1.807) is 16.7 Å². The second kappa shape index (κ2) is 5.30. The lowest BCUT2D eigenvalue weighted by molar-refractivity contribution is 0.621. The lowest BCUT2D eigenvalue weighted by Crippen LogP contribution is -1.97. The number of nitrogens with one attached hydrogen (secondary N) is 1. The summed E-state index contributed by atoms with van der Waals surface area (Å²) in [6, 6.07) is 14.5. The van der Waals surface area contributed by atoms with E-state index in [-0.39, 0.29) is 5.82 Å². The number of aromatic amines is 1. The van der Waals surface area contributed by atoms with E-state index in [0.29, 0.717) is 20.6 Å². The standard InChI is InChI=1S/C14H9BrFN3S/c15-11-7-6-9(8-12(11)16)13-17-18-14(20)19(13)10-4-2-1-3-5-10/h1-8H,(H,18,20). The predicted molar refractivity (Wildman–Crippen MR) is 81.8 cm³/mol. The van der Waals surface area contributed by atoms with Gasteiger partial charge >= 0.3 is 0 Å². The van der Waals surface area contributed by atoms with Gasteiger partial charge in [0.25, 0.3) is 0 Å². The van der Waals surface area contributed by atoms with Gasteiger partial charge in [0.1, 0.15) is 5.82 Å². The predicted octanol–water partition coefficient (Wildman–Crippen LogP) is 4.50.